The van der Waals surface area contributed by atoms with Crippen molar-refractivity contribution < 1.29 is 19.1 Å². The Bertz CT molecular complexity index is 330. The minimum absolute atomic E-state index is 0.0419. The fraction of sp³-hybridized carbons (Fsp3) is 0.750. The van der Waals surface area contributed by atoms with Gasteiger partial charge in [-0.2, -0.15) is 0 Å². The number of carbonyl (C=O) groups is 3. The van der Waals surface area contributed by atoms with E-state index < -0.39 is 12.0 Å². The predicted octanol–water partition coefficient (Wildman–Crippen LogP) is 0.113. The number of carbonyl (C=O) groups excluding carboxylic acids is 3. The molecule has 1 aliphatic rings. The van der Waals surface area contributed by atoms with E-state index in [-0.39, 0.29) is 17.9 Å². The normalized spacial score (nSPS) is 20.1. The lowest BCUT2D eigenvalue weighted by Crippen LogP contribution is -2.40. The number of hydrogen-bond acceptors (Lipinski definition) is 4. The Morgan fingerprint density at radius 1 is 1.56 bits per heavy atom. The van der Waals surface area contributed by atoms with E-state index in [0.717, 1.165) is 6.42 Å². The second-order valence-electron chi connectivity index (χ2n) is 4.38. The smallest absolute Gasteiger partial charge is 0.328 e. The lowest BCUT2D eigenvalue weighted by molar-refractivity contribution is -0.146. The van der Waals surface area contributed by atoms with Gasteiger partial charge in [-0.25, -0.2) is 4.79 Å². The van der Waals surface area contributed by atoms with Gasteiger partial charge in [0.05, 0.1) is 6.61 Å². The molecule has 1 rings (SSSR count). The average Bonchev–Trinajstić information content (AvgIpc) is 2.73. The lowest BCUT2D eigenvalue weighted by atomic mass is 10.1. The van der Waals surface area contributed by atoms with Crippen LogP contribution < -0.4 is 10.6 Å². The maximum atomic E-state index is 11.6. The van der Waals surface area contributed by atoms with Crippen molar-refractivity contribution in [2.75, 3.05) is 6.61 Å². The largest absolute Gasteiger partial charge is 0.464 e. The standard InChI is InChI=1S/C12H20N2O4/c1-3-18-12(17)8(2)13-10(15)6-4-9-5-7-11(16)14-9/h8-9H,3-7H2,1-2H3,(H,13,15)(H,14,16)/t8-,9?/m0/s1. The maximum absolute atomic E-state index is 11.6. The van der Waals surface area contributed by atoms with Crippen molar-refractivity contribution in [2.24, 2.45) is 0 Å². The zero-order chi connectivity index (χ0) is 13.5. The monoisotopic (exact) mass is 256 g/mol. The third-order valence-corrected chi connectivity index (χ3v) is 2.82. The fourth-order valence-electron chi connectivity index (χ4n) is 1.84. The van der Waals surface area contributed by atoms with E-state index in [9.17, 15) is 14.4 Å². The van der Waals surface area contributed by atoms with Crippen molar-refractivity contribution in [2.45, 2.75) is 51.6 Å². The van der Waals surface area contributed by atoms with E-state index in [2.05, 4.69) is 10.6 Å². The van der Waals surface area contributed by atoms with Crippen LogP contribution in [0.25, 0.3) is 0 Å². The summed E-state index contributed by atoms with van der Waals surface area (Å²) in [4.78, 5) is 33.8. The molecule has 18 heavy (non-hydrogen) atoms. The number of hydrogen-bond donors (Lipinski definition) is 2. The molecule has 1 unspecified atom stereocenters. The summed E-state index contributed by atoms with van der Waals surface area (Å²) in [5.74, 6) is -0.586. The predicted molar refractivity (Wildman–Crippen MR) is 64.6 cm³/mol. The third-order valence-electron chi connectivity index (χ3n) is 2.82. The summed E-state index contributed by atoms with van der Waals surface area (Å²) in [5, 5.41) is 5.37. The second-order valence-corrected chi connectivity index (χ2v) is 4.38. The molecule has 0 aromatic carbocycles. The molecule has 2 atom stereocenters. The second kappa shape index (κ2) is 6.98. The molecule has 1 saturated heterocycles. The highest BCUT2D eigenvalue weighted by atomic mass is 16.5. The summed E-state index contributed by atoms with van der Waals surface area (Å²) in [7, 11) is 0. The molecule has 2 N–H and O–H groups in total. The lowest BCUT2D eigenvalue weighted by Gasteiger charge is -2.14. The Balaban J connectivity index is 2.20. The Kier molecular flexibility index (Phi) is 5.61. The van der Waals surface area contributed by atoms with E-state index >= 15 is 0 Å². The first-order valence-electron chi connectivity index (χ1n) is 6.28. The summed E-state index contributed by atoms with van der Waals surface area (Å²) in [6.07, 6.45) is 2.22. The van der Waals surface area contributed by atoms with Gasteiger partial charge < -0.3 is 15.4 Å². The van der Waals surface area contributed by atoms with Gasteiger partial charge in [0, 0.05) is 18.9 Å². The van der Waals surface area contributed by atoms with Gasteiger partial charge in [-0.05, 0) is 26.7 Å². The first-order chi connectivity index (χ1) is 8.52. The Hall–Kier alpha value is -1.59. The van der Waals surface area contributed by atoms with Crippen LogP contribution in [0.4, 0.5) is 0 Å². The molecular formula is C12H20N2O4. The summed E-state index contributed by atoms with van der Waals surface area (Å²) in [6.45, 7) is 3.61. The molecule has 0 radical (unpaired) electrons. The van der Waals surface area contributed by atoms with Crippen LogP contribution >= 0.6 is 0 Å². The number of amides is 2. The quantitative estimate of drug-likeness (QED) is 0.661. The van der Waals surface area contributed by atoms with Crippen molar-refractivity contribution in [1.29, 1.82) is 0 Å². The number of ether oxygens (including phenoxy) is 1. The first kappa shape index (κ1) is 14.5. The van der Waals surface area contributed by atoms with Crippen molar-refractivity contribution in [3.8, 4) is 0 Å². The van der Waals surface area contributed by atoms with Gasteiger partial charge in [0.2, 0.25) is 11.8 Å². The van der Waals surface area contributed by atoms with Gasteiger partial charge in [-0.3, -0.25) is 9.59 Å². The summed E-state index contributed by atoms with van der Waals surface area (Å²) in [6, 6.07) is -0.545. The van der Waals surface area contributed by atoms with Crippen molar-refractivity contribution >= 4 is 17.8 Å². The SMILES string of the molecule is CCOC(=O)[C@H](C)NC(=O)CCC1CCC(=O)N1. The van der Waals surface area contributed by atoms with E-state index in [4.69, 9.17) is 4.74 Å². The van der Waals surface area contributed by atoms with Gasteiger partial charge in [-0.15, -0.1) is 0 Å². The molecule has 0 aromatic heterocycles. The van der Waals surface area contributed by atoms with Crippen LogP contribution in [0.1, 0.15) is 39.5 Å². The number of nitrogens with one attached hydrogen (secondary N) is 2. The molecule has 0 aromatic rings. The summed E-state index contributed by atoms with van der Waals surface area (Å²) < 4.78 is 4.79. The molecule has 0 aliphatic carbocycles. The molecule has 0 spiro atoms. The zero-order valence-electron chi connectivity index (χ0n) is 10.8. The summed E-state index contributed by atoms with van der Waals surface area (Å²) >= 11 is 0. The molecule has 102 valence electrons. The van der Waals surface area contributed by atoms with Crippen LogP contribution in [0.2, 0.25) is 0 Å². The molecule has 1 fully saturated rings. The summed E-state index contributed by atoms with van der Waals surface area (Å²) in [5.41, 5.74) is 0. The van der Waals surface area contributed by atoms with Crippen LogP contribution in [0.5, 0.6) is 0 Å². The highest BCUT2D eigenvalue weighted by Gasteiger charge is 2.22. The van der Waals surface area contributed by atoms with Gasteiger partial charge >= 0.3 is 5.97 Å². The van der Waals surface area contributed by atoms with Crippen molar-refractivity contribution in [3.63, 3.8) is 0 Å². The zero-order valence-corrected chi connectivity index (χ0v) is 10.8. The maximum Gasteiger partial charge on any atom is 0.328 e. The Morgan fingerprint density at radius 2 is 2.28 bits per heavy atom. The first-order valence-corrected chi connectivity index (χ1v) is 6.28. The molecule has 0 bridgehead atoms. The van der Waals surface area contributed by atoms with E-state index in [0.29, 0.717) is 25.9 Å². The Labute approximate surface area is 106 Å². The van der Waals surface area contributed by atoms with Crippen LogP contribution in [0, 0.1) is 0 Å². The third kappa shape index (κ3) is 4.73. The van der Waals surface area contributed by atoms with Gasteiger partial charge in [-0.1, -0.05) is 0 Å². The topological polar surface area (TPSA) is 84.5 Å². The molecule has 1 heterocycles. The van der Waals surface area contributed by atoms with Gasteiger partial charge in [0.15, 0.2) is 0 Å². The number of esters is 1. The average molecular weight is 256 g/mol. The van der Waals surface area contributed by atoms with Crippen LogP contribution in [0.3, 0.4) is 0 Å². The highest BCUT2D eigenvalue weighted by molar-refractivity contribution is 5.84. The van der Waals surface area contributed by atoms with Crippen molar-refractivity contribution in [3.05, 3.63) is 0 Å². The van der Waals surface area contributed by atoms with Crippen LogP contribution in [-0.4, -0.2) is 36.5 Å². The molecule has 2 amide bonds. The molecule has 6 nitrogen and oxygen atoms in total. The molecule has 1 aliphatic heterocycles. The van der Waals surface area contributed by atoms with Crippen LogP contribution in [0.15, 0.2) is 0 Å². The van der Waals surface area contributed by atoms with E-state index in [1.807, 2.05) is 0 Å². The molecule has 0 saturated carbocycles. The minimum atomic E-state index is -0.629. The highest BCUT2D eigenvalue weighted by Crippen LogP contribution is 2.11. The van der Waals surface area contributed by atoms with Crippen molar-refractivity contribution in [1.82, 2.24) is 10.6 Å². The van der Waals surface area contributed by atoms with E-state index in [1.54, 1.807) is 13.8 Å². The molecular weight excluding hydrogens is 236 g/mol. The van der Waals surface area contributed by atoms with Crippen LogP contribution in [-0.2, 0) is 19.1 Å². The fourth-order valence-corrected chi connectivity index (χ4v) is 1.84. The number of rotatable bonds is 6. The minimum Gasteiger partial charge on any atom is -0.464 e. The van der Waals surface area contributed by atoms with Gasteiger partial charge in [0.25, 0.3) is 0 Å². The van der Waals surface area contributed by atoms with E-state index in [1.165, 1.54) is 0 Å². The Morgan fingerprint density at radius 3 is 2.83 bits per heavy atom. The molecule has 6 heteroatoms. The van der Waals surface area contributed by atoms with Gasteiger partial charge in [0.1, 0.15) is 6.04 Å².